The SMILES string of the molecule is c1cc2cc(c1)-c1ncccc1OCCCCCCCCOc1ccc(cc1)-c1cccc(n1)-c1ccc(cc1)OCCCCCCCCOc1cccnc1-2. The van der Waals surface area contributed by atoms with Crippen molar-refractivity contribution in [2.45, 2.75) is 77.0 Å². The molecule has 7 nitrogen and oxygen atoms in total. The van der Waals surface area contributed by atoms with Crippen LogP contribution in [0.4, 0.5) is 0 Å². The molecule has 0 amide bonds. The van der Waals surface area contributed by atoms with Crippen LogP contribution >= 0.6 is 0 Å². The molecule has 8 bridgehead atoms. The summed E-state index contributed by atoms with van der Waals surface area (Å²) in [5, 5.41) is 0. The summed E-state index contributed by atoms with van der Waals surface area (Å²) in [6.45, 7) is 2.76. The molecule has 0 spiro atoms. The van der Waals surface area contributed by atoms with Crippen LogP contribution in [0.5, 0.6) is 23.0 Å². The molecule has 0 saturated heterocycles. The molecule has 6 heterocycles. The molecular formula is C49H53N3O4. The van der Waals surface area contributed by atoms with E-state index in [1.807, 2.05) is 60.9 Å². The average Bonchev–Trinajstić information content (AvgIpc) is 3.25. The maximum atomic E-state index is 6.29. The molecule has 3 aromatic carbocycles. The molecule has 9 rings (SSSR count). The number of rotatable bonds is 0. The van der Waals surface area contributed by atoms with Gasteiger partial charge in [0, 0.05) is 34.6 Å². The van der Waals surface area contributed by atoms with Gasteiger partial charge in [0.15, 0.2) is 0 Å². The maximum Gasteiger partial charge on any atom is 0.145 e. The zero-order valence-corrected chi connectivity index (χ0v) is 32.4. The topological polar surface area (TPSA) is 75.6 Å². The summed E-state index contributed by atoms with van der Waals surface area (Å²) in [5.41, 5.74) is 7.71. The van der Waals surface area contributed by atoms with Crippen LogP contribution in [0.3, 0.4) is 0 Å². The largest absolute Gasteiger partial charge is 0.494 e. The van der Waals surface area contributed by atoms with Gasteiger partial charge in [-0.2, -0.15) is 0 Å². The van der Waals surface area contributed by atoms with E-state index >= 15 is 0 Å². The molecule has 0 saturated carbocycles. The molecule has 0 radical (unpaired) electrons. The maximum absolute atomic E-state index is 6.29. The minimum absolute atomic E-state index is 0.664. The predicted octanol–water partition coefficient (Wildman–Crippen LogP) is 12.4. The van der Waals surface area contributed by atoms with Crippen molar-refractivity contribution >= 4 is 0 Å². The van der Waals surface area contributed by atoms with Gasteiger partial charge in [-0.1, -0.05) is 75.6 Å². The van der Waals surface area contributed by atoms with Gasteiger partial charge in [-0.3, -0.25) is 9.97 Å². The summed E-state index contributed by atoms with van der Waals surface area (Å²) in [4.78, 5) is 14.4. The van der Waals surface area contributed by atoms with Gasteiger partial charge >= 0.3 is 0 Å². The van der Waals surface area contributed by atoms with Crippen molar-refractivity contribution in [3.63, 3.8) is 0 Å². The lowest BCUT2D eigenvalue weighted by molar-refractivity contribution is 0.297. The van der Waals surface area contributed by atoms with Crippen LogP contribution in [-0.2, 0) is 0 Å². The highest BCUT2D eigenvalue weighted by Gasteiger charge is 2.13. The van der Waals surface area contributed by atoms with E-state index in [9.17, 15) is 0 Å². The molecule has 3 aliphatic rings. The Kier molecular flexibility index (Phi) is 14.4. The number of hydrogen-bond acceptors (Lipinski definition) is 7. The standard InChI is InChI=1S/C49H53N3O4/c1-3-7-11-35-55-46-21-15-31-50-48(46)40-17-13-18-41(37-40)49-47(22-16-32-51-49)56-36-12-8-4-2-6-10-34-54-43-29-25-39(26-30-43)45-20-14-19-44(52-45)38-23-27-42(28-24-38)53-33-9-5-1/h13-32,37H,1-12,33-36H2. The third-order valence-electron chi connectivity index (χ3n) is 10.1. The normalized spacial score (nSPS) is 15.3. The highest BCUT2D eigenvalue weighted by molar-refractivity contribution is 5.75. The van der Waals surface area contributed by atoms with E-state index in [-0.39, 0.29) is 0 Å². The average molecular weight is 748 g/mol. The third kappa shape index (κ3) is 11.2. The second-order valence-electron chi connectivity index (χ2n) is 14.4. The summed E-state index contributed by atoms with van der Waals surface area (Å²) < 4.78 is 24.7. The number of aromatic nitrogens is 3. The summed E-state index contributed by atoms with van der Waals surface area (Å²) in [7, 11) is 0. The Morgan fingerprint density at radius 2 is 0.732 bits per heavy atom. The Morgan fingerprint density at radius 1 is 0.339 bits per heavy atom. The lowest BCUT2D eigenvalue weighted by Crippen LogP contribution is -2.01. The predicted molar refractivity (Wildman–Crippen MR) is 225 cm³/mol. The molecule has 0 N–H and O–H groups in total. The molecular weight excluding hydrogens is 695 g/mol. The summed E-state index contributed by atoms with van der Waals surface area (Å²) >= 11 is 0. The smallest absolute Gasteiger partial charge is 0.145 e. The highest BCUT2D eigenvalue weighted by Crippen LogP contribution is 2.34. The molecule has 6 aromatic rings. The monoisotopic (exact) mass is 747 g/mol. The highest BCUT2D eigenvalue weighted by atomic mass is 16.5. The molecule has 0 fully saturated rings. The summed E-state index contributed by atoms with van der Waals surface area (Å²) in [6, 6.07) is 39.0. The van der Waals surface area contributed by atoms with Crippen molar-refractivity contribution in [3.8, 4) is 68.0 Å². The van der Waals surface area contributed by atoms with Gasteiger partial charge in [0.2, 0.25) is 0 Å². The quantitative estimate of drug-likeness (QED) is 0.153. The number of ether oxygens (including phenoxy) is 4. The Hall–Kier alpha value is -5.69. The Bertz CT molecular complexity index is 1940. The number of fused-ring (bicyclic) bond motifs is 2. The van der Waals surface area contributed by atoms with Crippen molar-refractivity contribution in [1.82, 2.24) is 15.0 Å². The zero-order chi connectivity index (χ0) is 38.0. The first-order valence-corrected chi connectivity index (χ1v) is 20.5. The lowest BCUT2D eigenvalue weighted by Gasteiger charge is -2.13. The van der Waals surface area contributed by atoms with E-state index < -0.39 is 0 Å². The zero-order valence-electron chi connectivity index (χ0n) is 32.4. The first-order chi connectivity index (χ1) is 27.8. The van der Waals surface area contributed by atoms with Crippen molar-refractivity contribution in [2.24, 2.45) is 0 Å². The van der Waals surface area contributed by atoms with Gasteiger partial charge < -0.3 is 18.9 Å². The van der Waals surface area contributed by atoms with E-state index in [4.69, 9.17) is 33.9 Å². The summed E-state index contributed by atoms with van der Waals surface area (Å²) in [5.74, 6) is 3.39. The second-order valence-corrected chi connectivity index (χ2v) is 14.4. The minimum atomic E-state index is 0.664. The lowest BCUT2D eigenvalue weighted by atomic mass is 10.0. The molecule has 56 heavy (non-hydrogen) atoms. The van der Waals surface area contributed by atoms with Crippen LogP contribution in [-0.4, -0.2) is 41.4 Å². The molecule has 0 atom stereocenters. The Balaban J connectivity index is 0.969. The van der Waals surface area contributed by atoms with Gasteiger partial charge in [-0.05, 0) is 117 Å². The number of benzene rings is 3. The Morgan fingerprint density at radius 3 is 1.18 bits per heavy atom. The summed E-state index contributed by atoms with van der Waals surface area (Å²) in [6.07, 6.45) is 17.0. The number of hydrogen-bond donors (Lipinski definition) is 0. The van der Waals surface area contributed by atoms with Crippen LogP contribution in [0, 0.1) is 0 Å². The van der Waals surface area contributed by atoms with Gasteiger partial charge in [0.25, 0.3) is 0 Å². The number of pyridine rings is 3. The van der Waals surface area contributed by atoms with Crippen LogP contribution in [0.2, 0.25) is 0 Å². The van der Waals surface area contributed by atoms with Gasteiger partial charge in [-0.15, -0.1) is 0 Å². The fourth-order valence-corrected chi connectivity index (χ4v) is 7.03. The Labute approximate surface area is 332 Å². The van der Waals surface area contributed by atoms with E-state index in [2.05, 4.69) is 66.7 Å². The number of nitrogens with zero attached hydrogens (tertiary/aromatic N) is 3. The van der Waals surface area contributed by atoms with Crippen molar-refractivity contribution in [1.29, 1.82) is 0 Å². The van der Waals surface area contributed by atoms with Crippen LogP contribution in [0.25, 0.3) is 45.0 Å². The van der Waals surface area contributed by atoms with Gasteiger partial charge in [0.1, 0.15) is 34.4 Å². The molecule has 3 aliphatic heterocycles. The van der Waals surface area contributed by atoms with Crippen LogP contribution in [0.1, 0.15) is 77.0 Å². The van der Waals surface area contributed by atoms with E-state index in [0.29, 0.717) is 13.2 Å². The van der Waals surface area contributed by atoms with Crippen LogP contribution < -0.4 is 18.9 Å². The van der Waals surface area contributed by atoms with Crippen molar-refractivity contribution in [2.75, 3.05) is 26.4 Å². The minimum Gasteiger partial charge on any atom is -0.494 e. The molecule has 0 unspecified atom stereocenters. The first-order valence-electron chi connectivity index (χ1n) is 20.5. The molecule has 0 aliphatic carbocycles. The van der Waals surface area contributed by atoms with E-state index in [1.54, 1.807) is 0 Å². The van der Waals surface area contributed by atoms with E-state index in [1.165, 1.54) is 25.7 Å². The second kappa shape index (κ2) is 20.8. The fraction of sp³-hybridized carbons (Fsp3) is 0.327. The first kappa shape index (κ1) is 38.6. The molecule has 7 heteroatoms. The van der Waals surface area contributed by atoms with E-state index in [0.717, 1.165) is 133 Å². The van der Waals surface area contributed by atoms with Crippen molar-refractivity contribution in [3.05, 3.63) is 128 Å². The van der Waals surface area contributed by atoms with Gasteiger partial charge in [-0.25, -0.2) is 4.98 Å². The molecule has 3 aromatic heterocycles. The molecule has 288 valence electrons. The van der Waals surface area contributed by atoms with Gasteiger partial charge in [0.05, 0.1) is 37.8 Å². The fourth-order valence-electron chi connectivity index (χ4n) is 7.03. The van der Waals surface area contributed by atoms with Crippen LogP contribution in [0.15, 0.2) is 128 Å². The third-order valence-corrected chi connectivity index (χ3v) is 10.1. The van der Waals surface area contributed by atoms with Crippen molar-refractivity contribution < 1.29 is 18.9 Å².